The fraction of sp³-hybridized carbons (Fsp3) is 0.120. The van der Waals surface area contributed by atoms with E-state index in [0.29, 0.717) is 27.9 Å². The van der Waals surface area contributed by atoms with Crippen LogP contribution >= 0.6 is 0 Å². The number of carboxylic acids is 1. The zero-order chi connectivity index (χ0) is 22.6. The Morgan fingerprint density at radius 1 is 1.03 bits per heavy atom. The largest absolute Gasteiger partial charge is 0.476 e. The molecule has 32 heavy (non-hydrogen) atoms. The summed E-state index contributed by atoms with van der Waals surface area (Å²) in [6, 6.07) is 16.1. The molecule has 2 heterocycles. The van der Waals surface area contributed by atoms with Crippen molar-refractivity contribution in [2.75, 3.05) is 0 Å². The number of fused-ring (bicyclic) bond motifs is 2. The van der Waals surface area contributed by atoms with Crippen molar-refractivity contribution in [3.8, 4) is 22.6 Å². The molecule has 0 aliphatic carbocycles. The fourth-order valence-electron chi connectivity index (χ4n) is 4.24. The van der Waals surface area contributed by atoms with Gasteiger partial charge in [0.15, 0.2) is 11.4 Å². The third-order valence-corrected chi connectivity index (χ3v) is 5.81. The summed E-state index contributed by atoms with van der Waals surface area (Å²) >= 11 is 0. The molecule has 0 fully saturated rings. The van der Waals surface area contributed by atoms with Crippen molar-refractivity contribution < 1.29 is 19.0 Å². The van der Waals surface area contributed by atoms with Crippen LogP contribution in [0.3, 0.4) is 0 Å². The lowest BCUT2D eigenvalue weighted by atomic mass is 10.0. The number of aryl methyl sites for hydroxylation is 2. The molecule has 0 spiro atoms. The van der Waals surface area contributed by atoms with Crippen molar-refractivity contribution >= 4 is 27.6 Å². The third kappa shape index (κ3) is 2.93. The second kappa shape index (κ2) is 7.23. The first-order chi connectivity index (χ1) is 15.4. The van der Waals surface area contributed by atoms with Gasteiger partial charge in [-0.2, -0.15) is 5.10 Å². The summed E-state index contributed by atoms with van der Waals surface area (Å²) in [5, 5.41) is 16.6. The van der Waals surface area contributed by atoms with E-state index in [9.17, 15) is 9.90 Å². The number of hydrogen-bond donors (Lipinski definition) is 2. The van der Waals surface area contributed by atoms with E-state index in [2.05, 4.69) is 10.1 Å². The van der Waals surface area contributed by atoms with E-state index < -0.39 is 11.8 Å². The Balaban J connectivity index is 1.79. The number of H-pyrrole nitrogens is 1. The maximum absolute atomic E-state index is 15.1. The number of nitrogens with one attached hydrogen (secondary N) is 1. The lowest BCUT2D eigenvalue weighted by Gasteiger charge is -2.10. The molecule has 0 saturated carbocycles. The molecule has 0 bridgehead atoms. The van der Waals surface area contributed by atoms with Crippen LogP contribution < -0.4 is 4.74 Å². The number of benzene rings is 3. The van der Waals surface area contributed by atoms with Crippen LogP contribution in [0.1, 0.15) is 21.9 Å². The summed E-state index contributed by atoms with van der Waals surface area (Å²) < 4.78 is 23.0. The maximum atomic E-state index is 15.1. The molecular formula is C25H20FN3O3. The molecule has 0 amide bonds. The number of aromatic nitrogens is 3. The second-order valence-corrected chi connectivity index (χ2v) is 7.73. The molecular weight excluding hydrogens is 409 g/mol. The first-order valence-corrected chi connectivity index (χ1v) is 10.1. The zero-order valence-electron chi connectivity index (χ0n) is 17.7. The van der Waals surface area contributed by atoms with Crippen LogP contribution in [0.4, 0.5) is 4.39 Å². The van der Waals surface area contributed by atoms with Gasteiger partial charge in [0, 0.05) is 34.6 Å². The van der Waals surface area contributed by atoms with Gasteiger partial charge in [0.05, 0.1) is 11.2 Å². The van der Waals surface area contributed by atoms with E-state index in [1.807, 2.05) is 43.3 Å². The molecule has 2 N–H and O–H groups in total. The quantitative estimate of drug-likeness (QED) is 0.369. The minimum absolute atomic E-state index is 0.140. The highest BCUT2D eigenvalue weighted by Crippen LogP contribution is 2.42. The molecule has 2 aromatic heterocycles. The van der Waals surface area contributed by atoms with Crippen LogP contribution in [0.15, 0.2) is 54.6 Å². The predicted octanol–water partition coefficient (Wildman–Crippen LogP) is 5.97. The van der Waals surface area contributed by atoms with E-state index in [0.717, 1.165) is 16.5 Å². The highest BCUT2D eigenvalue weighted by atomic mass is 19.1. The number of hydrogen-bond acceptors (Lipinski definition) is 3. The molecule has 160 valence electrons. The highest BCUT2D eigenvalue weighted by Gasteiger charge is 2.26. The van der Waals surface area contributed by atoms with Gasteiger partial charge in [0.1, 0.15) is 11.6 Å². The minimum atomic E-state index is -1.19. The van der Waals surface area contributed by atoms with Gasteiger partial charge in [0.2, 0.25) is 0 Å². The Bertz CT molecular complexity index is 1530. The normalized spacial score (nSPS) is 11.4. The van der Waals surface area contributed by atoms with Gasteiger partial charge >= 0.3 is 5.97 Å². The minimum Gasteiger partial charge on any atom is -0.476 e. The Hall–Kier alpha value is -4.13. The van der Waals surface area contributed by atoms with Gasteiger partial charge in [-0.1, -0.05) is 36.4 Å². The Morgan fingerprint density at radius 3 is 2.50 bits per heavy atom. The van der Waals surface area contributed by atoms with E-state index in [-0.39, 0.29) is 17.0 Å². The van der Waals surface area contributed by atoms with Crippen LogP contribution in [0.25, 0.3) is 32.8 Å². The number of nitrogens with zero attached hydrogens (tertiary/aromatic N) is 2. The van der Waals surface area contributed by atoms with Crippen molar-refractivity contribution in [3.63, 3.8) is 0 Å². The van der Waals surface area contributed by atoms with Gasteiger partial charge in [-0.25, -0.2) is 9.18 Å². The first kappa shape index (κ1) is 19.8. The van der Waals surface area contributed by atoms with Crippen molar-refractivity contribution in [1.29, 1.82) is 0 Å². The van der Waals surface area contributed by atoms with Crippen molar-refractivity contribution in [3.05, 3.63) is 77.5 Å². The molecule has 5 rings (SSSR count). The standard InChI is InChI=1S/C25H20FN3O3/c1-13-20(14(2)29(3)28-13)21-18(26)12-11-17-22(21)27-23(25(30)31)24(17)32-19-10-6-8-15-7-4-5-9-16(15)19/h4-12,27H,1-3H3,(H,30,31). The SMILES string of the molecule is Cc1nn(C)c(C)c1-c1c(F)ccc2c(Oc3cccc4ccccc34)c(C(=O)O)[nH]c12. The maximum Gasteiger partial charge on any atom is 0.356 e. The van der Waals surface area contributed by atoms with Gasteiger partial charge in [-0.15, -0.1) is 0 Å². The molecule has 0 aliphatic heterocycles. The Morgan fingerprint density at radius 2 is 1.78 bits per heavy atom. The first-order valence-electron chi connectivity index (χ1n) is 10.1. The number of rotatable bonds is 4. The predicted molar refractivity (Wildman–Crippen MR) is 121 cm³/mol. The van der Waals surface area contributed by atoms with Gasteiger partial charge < -0.3 is 14.8 Å². The average Bonchev–Trinajstić information content (AvgIpc) is 3.25. The molecule has 5 aromatic rings. The van der Waals surface area contributed by atoms with E-state index >= 15 is 4.39 Å². The number of aromatic amines is 1. The molecule has 0 atom stereocenters. The summed E-state index contributed by atoms with van der Waals surface area (Å²) in [5.74, 6) is -0.996. The van der Waals surface area contributed by atoms with Crippen molar-refractivity contribution in [1.82, 2.24) is 14.8 Å². The smallest absolute Gasteiger partial charge is 0.356 e. The van der Waals surface area contributed by atoms with Crippen LogP contribution in [0.2, 0.25) is 0 Å². The zero-order valence-corrected chi connectivity index (χ0v) is 17.7. The number of halogens is 1. The number of ether oxygens (including phenoxy) is 1. The number of carboxylic acid groups (broad SMARTS) is 1. The molecule has 7 heteroatoms. The van der Waals surface area contributed by atoms with Crippen LogP contribution in [-0.2, 0) is 7.05 Å². The molecule has 0 unspecified atom stereocenters. The lowest BCUT2D eigenvalue weighted by molar-refractivity contribution is 0.0689. The molecule has 0 saturated heterocycles. The van der Waals surface area contributed by atoms with Gasteiger partial charge in [-0.3, -0.25) is 4.68 Å². The average molecular weight is 429 g/mol. The Labute approximate surface area is 182 Å². The van der Waals surface area contributed by atoms with Crippen LogP contribution in [0, 0.1) is 19.7 Å². The van der Waals surface area contributed by atoms with Crippen molar-refractivity contribution in [2.24, 2.45) is 7.05 Å². The summed E-state index contributed by atoms with van der Waals surface area (Å²) in [7, 11) is 1.79. The molecule has 3 aromatic carbocycles. The molecule has 0 aliphatic rings. The highest BCUT2D eigenvalue weighted by molar-refractivity contribution is 6.06. The van der Waals surface area contributed by atoms with Gasteiger partial charge in [-0.05, 0) is 37.4 Å². The summed E-state index contributed by atoms with van der Waals surface area (Å²) in [6.45, 7) is 3.65. The summed E-state index contributed by atoms with van der Waals surface area (Å²) in [6.07, 6.45) is 0. The van der Waals surface area contributed by atoms with E-state index in [1.165, 1.54) is 6.07 Å². The topological polar surface area (TPSA) is 80.1 Å². The molecule has 6 nitrogen and oxygen atoms in total. The summed E-state index contributed by atoms with van der Waals surface area (Å²) in [4.78, 5) is 15.0. The van der Waals surface area contributed by atoms with Gasteiger partial charge in [0.25, 0.3) is 0 Å². The third-order valence-electron chi connectivity index (χ3n) is 5.81. The van der Waals surface area contributed by atoms with Crippen molar-refractivity contribution in [2.45, 2.75) is 13.8 Å². The van der Waals surface area contributed by atoms with Crippen LogP contribution in [0.5, 0.6) is 11.5 Å². The Kier molecular flexibility index (Phi) is 4.48. The summed E-state index contributed by atoms with van der Waals surface area (Å²) in [5.41, 5.74) is 2.55. The monoisotopic (exact) mass is 429 g/mol. The molecule has 0 radical (unpaired) electrons. The second-order valence-electron chi connectivity index (χ2n) is 7.73. The van der Waals surface area contributed by atoms with E-state index in [4.69, 9.17) is 4.74 Å². The number of aromatic carboxylic acids is 1. The van der Waals surface area contributed by atoms with Crippen LogP contribution in [-0.4, -0.2) is 25.8 Å². The lowest BCUT2D eigenvalue weighted by Crippen LogP contribution is -1.99. The van der Waals surface area contributed by atoms with E-state index in [1.54, 1.807) is 30.8 Å². The fourth-order valence-corrected chi connectivity index (χ4v) is 4.24. The number of carbonyl (C=O) groups is 1.